The number of para-hydroxylation sites is 1. The fourth-order valence-electron chi connectivity index (χ4n) is 2.23. The van der Waals surface area contributed by atoms with Gasteiger partial charge in [0.2, 0.25) is 0 Å². The standard InChI is InChI=1S/C15H26N2/c1-5-6-7-11-17(12(2)3)15-13(4)9-8-10-14(15)16/h8-10,12H,5-7,11,16H2,1-4H3. The SMILES string of the molecule is CCCCCN(c1c(C)cccc1N)C(C)C. The maximum Gasteiger partial charge on any atom is 0.0631 e. The first kappa shape index (κ1) is 13.9. The molecule has 2 nitrogen and oxygen atoms in total. The lowest BCUT2D eigenvalue weighted by molar-refractivity contribution is 0.625. The molecule has 17 heavy (non-hydrogen) atoms. The second kappa shape index (κ2) is 6.53. The quantitative estimate of drug-likeness (QED) is 0.596. The molecule has 0 heterocycles. The van der Waals surface area contributed by atoms with Gasteiger partial charge in [-0.3, -0.25) is 0 Å². The predicted octanol–water partition coefficient (Wildman–Crippen LogP) is 3.98. The molecule has 0 spiro atoms. The maximum absolute atomic E-state index is 6.12. The van der Waals surface area contributed by atoms with Crippen LogP contribution in [0.3, 0.4) is 0 Å². The molecule has 1 rings (SSSR count). The van der Waals surface area contributed by atoms with Crippen molar-refractivity contribution in [3.05, 3.63) is 23.8 Å². The van der Waals surface area contributed by atoms with Crippen molar-refractivity contribution in [1.29, 1.82) is 0 Å². The van der Waals surface area contributed by atoms with Crippen molar-refractivity contribution in [1.82, 2.24) is 0 Å². The van der Waals surface area contributed by atoms with E-state index in [-0.39, 0.29) is 0 Å². The van der Waals surface area contributed by atoms with Crippen LogP contribution < -0.4 is 10.6 Å². The zero-order chi connectivity index (χ0) is 12.8. The van der Waals surface area contributed by atoms with Gasteiger partial charge in [0, 0.05) is 12.6 Å². The van der Waals surface area contributed by atoms with Crippen LogP contribution in [-0.2, 0) is 0 Å². The Bertz CT molecular complexity index is 325. The first-order valence-corrected chi connectivity index (χ1v) is 6.69. The number of benzene rings is 1. The summed E-state index contributed by atoms with van der Waals surface area (Å²) in [5, 5.41) is 0. The summed E-state index contributed by atoms with van der Waals surface area (Å²) in [7, 11) is 0. The Morgan fingerprint density at radius 3 is 2.47 bits per heavy atom. The van der Waals surface area contributed by atoms with Gasteiger partial charge < -0.3 is 10.6 Å². The van der Waals surface area contributed by atoms with Crippen molar-refractivity contribution in [2.75, 3.05) is 17.2 Å². The number of nitrogen functional groups attached to an aromatic ring is 1. The van der Waals surface area contributed by atoms with Crippen LogP contribution in [0.5, 0.6) is 0 Å². The number of anilines is 2. The number of nitrogens with two attached hydrogens (primary N) is 1. The number of hydrogen-bond donors (Lipinski definition) is 1. The van der Waals surface area contributed by atoms with E-state index in [4.69, 9.17) is 5.73 Å². The minimum atomic E-state index is 0.496. The summed E-state index contributed by atoms with van der Waals surface area (Å²) in [6.45, 7) is 9.94. The van der Waals surface area contributed by atoms with Crippen LogP contribution in [-0.4, -0.2) is 12.6 Å². The van der Waals surface area contributed by atoms with Crippen molar-refractivity contribution in [3.63, 3.8) is 0 Å². The third kappa shape index (κ3) is 3.65. The lowest BCUT2D eigenvalue weighted by Gasteiger charge is -2.31. The van der Waals surface area contributed by atoms with Crippen LogP contribution in [0.1, 0.15) is 45.6 Å². The first-order chi connectivity index (χ1) is 8.07. The lowest BCUT2D eigenvalue weighted by atomic mass is 10.1. The summed E-state index contributed by atoms with van der Waals surface area (Å²) in [5.74, 6) is 0. The van der Waals surface area contributed by atoms with E-state index in [1.165, 1.54) is 30.5 Å². The highest BCUT2D eigenvalue weighted by molar-refractivity contribution is 5.71. The molecule has 0 aliphatic rings. The number of rotatable bonds is 6. The molecule has 1 aromatic carbocycles. The number of nitrogens with zero attached hydrogens (tertiary/aromatic N) is 1. The van der Waals surface area contributed by atoms with E-state index >= 15 is 0 Å². The van der Waals surface area contributed by atoms with Gasteiger partial charge in [-0.05, 0) is 38.8 Å². The Hall–Kier alpha value is -1.18. The van der Waals surface area contributed by atoms with Gasteiger partial charge in [-0.1, -0.05) is 31.9 Å². The average Bonchev–Trinajstić information content (AvgIpc) is 2.26. The molecular formula is C15H26N2. The summed E-state index contributed by atoms with van der Waals surface area (Å²) in [6.07, 6.45) is 3.78. The lowest BCUT2D eigenvalue weighted by Crippen LogP contribution is -2.33. The molecule has 2 N–H and O–H groups in total. The number of hydrogen-bond acceptors (Lipinski definition) is 2. The summed E-state index contributed by atoms with van der Waals surface area (Å²) >= 11 is 0. The molecule has 0 aliphatic heterocycles. The topological polar surface area (TPSA) is 29.3 Å². The van der Waals surface area contributed by atoms with E-state index in [1.807, 2.05) is 12.1 Å². The van der Waals surface area contributed by atoms with Gasteiger partial charge in [-0.25, -0.2) is 0 Å². The largest absolute Gasteiger partial charge is 0.397 e. The highest BCUT2D eigenvalue weighted by atomic mass is 15.2. The number of unbranched alkanes of at least 4 members (excludes halogenated alkanes) is 2. The molecule has 96 valence electrons. The van der Waals surface area contributed by atoms with Gasteiger partial charge in [0.1, 0.15) is 0 Å². The molecule has 0 amide bonds. The third-order valence-electron chi connectivity index (χ3n) is 3.18. The van der Waals surface area contributed by atoms with Gasteiger partial charge in [0.15, 0.2) is 0 Å². The van der Waals surface area contributed by atoms with Crippen LogP contribution in [0, 0.1) is 6.92 Å². The minimum Gasteiger partial charge on any atom is -0.397 e. The smallest absolute Gasteiger partial charge is 0.0631 e. The van der Waals surface area contributed by atoms with Gasteiger partial charge in [0.25, 0.3) is 0 Å². The Balaban J connectivity index is 2.89. The molecule has 0 aromatic heterocycles. The molecule has 0 bridgehead atoms. The second-order valence-corrected chi connectivity index (χ2v) is 5.01. The first-order valence-electron chi connectivity index (χ1n) is 6.69. The van der Waals surface area contributed by atoms with Crippen LogP contribution in [0.2, 0.25) is 0 Å². The van der Waals surface area contributed by atoms with Crippen molar-refractivity contribution in [2.45, 2.75) is 53.0 Å². The Kier molecular flexibility index (Phi) is 5.33. The van der Waals surface area contributed by atoms with Crippen molar-refractivity contribution in [2.24, 2.45) is 0 Å². The van der Waals surface area contributed by atoms with Crippen LogP contribution in [0.4, 0.5) is 11.4 Å². The Morgan fingerprint density at radius 2 is 1.94 bits per heavy atom. The Labute approximate surface area is 106 Å². The van der Waals surface area contributed by atoms with Crippen molar-refractivity contribution in [3.8, 4) is 0 Å². The molecular weight excluding hydrogens is 208 g/mol. The van der Waals surface area contributed by atoms with E-state index in [9.17, 15) is 0 Å². The summed E-state index contributed by atoms with van der Waals surface area (Å²) in [5.41, 5.74) is 9.52. The van der Waals surface area contributed by atoms with E-state index in [0.717, 1.165) is 12.2 Å². The third-order valence-corrected chi connectivity index (χ3v) is 3.18. The van der Waals surface area contributed by atoms with Crippen molar-refractivity contribution < 1.29 is 0 Å². The highest BCUT2D eigenvalue weighted by Gasteiger charge is 2.14. The molecule has 0 fully saturated rings. The molecule has 1 aromatic rings. The molecule has 0 unspecified atom stereocenters. The van der Waals surface area contributed by atoms with E-state index in [0.29, 0.717) is 6.04 Å². The maximum atomic E-state index is 6.12. The Morgan fingerprint density at radius 1 is 1.24 bits per heavy atom. The van der Waals surface area contributed by atoms with Gasteiger partial charge in [-0.15, -0.1) is 0 Å². The normalized spacial score (nSPS) is 10.9. The predicted molar refractivity (Wildman–Crippen MR) is 77.6 cm³/mol. The zero-order valence-corrected chi connectivity index (χ0v) is 11.7. The van der Waals surface area contributed by atoms with Crippen LogP contribution in [0.25, 0.3) is 0 Å². The van der Waals surface area contributed by atoms with Crippen molar-refractivity contribution >= 4 is 11.4 Å². The summed E-state index contributed by atoms with van der Waals surface area (Å²) < 4.78 is 0. The molecule has 0 saturated heterocycles. The summed E-state index contributed by atoms with van der Waals surface area (Å²) in [4.78, 5) is 2.43. The van der Waals surface area contributed by atoms with Gasteiger partial charge in [-0.2, -0.15) is 0 Å². The van der Waals surface area contributed by atoms with Crippen LogP contribution >= 0.6 is 0 Å². The van der Waals surface area contributed by atoms with E-state index < -0.39 is 0 Å². The van der Waals surface area contributed by atoms with Gasteiger partial charge in [0.05, 0.1) is 11.4 Å². The fourth-order valence-corrected chi connectivity index (χ4v) is 2.23. The molecule has 0 atom stereocenters. The second-order valence-electron chi connectivity index (χ2n) is 5.01. The summed E-state index contributed by atoms with van der Waals surface area (Å²) in [6, 6.07) is 6.66. The number of aryl methyl sites for hydroxylation is 1. The van der Waals surface area contributed by atoms with Gasteiger partial charge >= 0.3 is 0 Å². The molecule has 0 aliphatic carbocycles. The fraction of sp³-hybridized carbons (Fsp3) is 0.600. The molecule has 2 heteroatoms. The van der Waals surface area contributed by atoms with E-state index in [1.54, 1.807) is 0 Å². The molecule has 0 saturated carbocycles. The average molecular weight is 234 g/mol. The van der Waals surface area contributed by atoms with Crippen LogP contribution in [0.15, 0.2) is 18.2 Å². The zero-order valence-electron chi connectivity index (χ0n) is 11.7. The van der Waals surface area contributed by atoms with E-state index in [2.05, 4.69) is 38.7 Å². The monoisotopic (exact) mass is 234 g/mol. The minimum absolute atomic E-state index is 0.496. The molecule has 0 radical (unpaired) electrons. The highest BCUT2D eigenvalue weighted by Crippen LogP contribution is 2.29.